The largest absolute Gasteiger partial charge is 0.384 e. The zero-order valence-electron chi connectivity index (χ0n) is 18.9. The number of nitrogens with two attached hydrogens (primary N) is 1. The maximum Gasteiger partial charge on any atom is 0.225 e. The van der Waals surface area contributed by atoms with Crippen LogP contribution in [0.25, 0.3) is 0 Å². The zero-order valence-corrected chi connectivity index (χ0v) is 18.9. The van der Waals surface area contributed by atoms with Crippen LogP contribution in [-0.2, 0) is 17.8 Å². The summed E-state index contributed by atoms with van der Waals surface area (Å²) < 4.78 is 0. The van der Waals surface area contributed by atoms with Gasteiger partial charge in [-0.05, 0) is 80.4 Å². The molecular weight excluding hydrogens is 398 g/mol. The summed E-state index contributed by atoms with van der Waals surface area (Å²) in [6.45, 7) is 4.60. The van der Waals surface area contributed by atoms with Crippen LogP contribution in [-0.4, -0.2) is 52.9 Å². The van der Waals surface area contributed by atoms with Gasteiger partial charge in [-0.15, -0.1) is 0 Å². The van der Waals surface area contributed by atoms with E-state index in [-0.39, 0.29) is 5.92 Å². The van der Waals surface area contributed by atoms with Crippen LogP contribution >= 0.6 is 0 Å². The number of pyridine rings is 1. The van der Waals surface area contributed by atoms with Gasteiger partial charge in [-0.3, -0.25) is 9.69 Å². The van der Waals surface area contributed by atoms with Gasteiger partial charge in [0.05, 0.1) is 0 Å². The topological polar surface area (TPSA) is 74.5 Å². The van der Waals surface area contributed by atoms with Crippen molar-refractivity contribution >= 4 is 11.7 Å². The second-order valence-corrected chi connectivity index (χ2v) is 9.70. The molecule has 170 valence electrons. The maximum absolute atomic E-state index is 13.1. The van der Waals surface area contributed by atoms with E-state index in [9.17, 15) is 4.79 Å². The number of amides is 1. The van der Waals surface area contributed by atoms with Gasteiger partial charge in [0.1, 0.15) is 5.82 Å². The number of hydrogen-bond donors (Lipinski definition) is 2. The Morgan fingerprint density at radius 1 is 1.03 bits per heavy atom. The number of hydrogen-bond acceptors (Lipinski definition) is 5. The first-order chi connectivity index (χ1) is 15.7. The van der Waals surface area contributed by atoms with Crippen LogP contribution in [0.2, 0.25) is 0 Å². The molecule has 1 aromatic heterocycles. The van der Waals surface area contributed by atoms with Crippen LogP contribution in [0.15, 0.2) is 42.6 Å². The second-order valence-electron chi connectivity index (χ2n) is 9.70. The van der Waals surface area contributed by atoms with Crippen LogP contribution < -0.4 is 11.1 Å². The summed E-state index contributed by atoms with van der Waals surface area (Å²) in [7, 11) is 0. The third-order valence-electron chi connectivity index (χ3n) is 7.56. The molecule has 1 atom stereocenters. The van der Waals surface area contributed by atoms with E-state index < -0.39 is 0 Å². The number of nitrogens with zero attached hydrogens (tertiary/aromatic N) is 3. The molecule has 3 heterocycles. The first-order valence-corrected chi connectivity index (χ1v) is 12.2. The molecule has 6 heteroatoms. The molecule has 2 saturated heterocycles. The minimum absolute atomic E-state index is 0.181. The van der Waals surface area contributed by atoms with Crippen molar-refractivity contribution in [3.05, 3.63) is 59.3 Å². The zero-order chi connectivity index (χ0) is 21.9. The molecule has 5 rings (SSSR count). The van der Waals surface area contributed by atoms with E-state index in [1.165, 1.54) is 29.5 Å². The van der Waals surface area contributed by atoms with E-state index in [4.69, 9.17) is 5.73 Å². The Morgan fingerprint density at radius 2 is 1.81 bits per heavy atom. The molecule has 32 heavy (non-hydrogen) atoms. The highest BCUT2D eigenvalue weighted by molar-refractivity contribution is 5.79. The lowest BCUT2D eigenvalue weighted by molar-refractivity contribution is -0.138. The summed E-state index contributed by atoms with van der Waals surface area (Å²) >= 11 is 0. The molecule has 2 aromatic rings. The lowest BCUT2D eigenvalue weighted by Gasteiger charge is -2.38. The van der Waals surface area contributed by atoms with Crippen molar-refractivity contribution in [1.29, 1.82) is 0 Å². The van der Waals surface area contributed by atoms with Gasteiger partial charge in [-0.2, -0.15) is 0 Å². The lowest BCUT2D eigenvalue weighted by Crippen LogP contribution is -2.48. The fourth-order valence-electron chi connectivity index (χ4n) is 5.73. The van der Waals surface area contributed by atoms with Gasteiger partial charge in [0.2, 0.25) is 5.91 Å². The quantitative estimate of drug-likeness (QED) is 0.758. The van der Waals surface area contributed by atoms with Crippen LogP contribution in [0.3, 0.4) is 0 Å². The van der Waals surface area contributed by atoms with E-state index >= 15 is 0 Å². The summed E-state index contributed by atoms with van der Waals surface area (Å²) in [6, 6.07) is 13.8. The number of fused-ring (bicyclic) bond motifs is 1. The first kappa shape index (κ1) is 21.4. The number of carbonyl (C=O) groups excluding carboxylic acids is 1. The van der Waals surface area contributed by atoms with Crippen molar-refractivity contribution < 1.29 is 4.79 Å². The molecule has 6 nitrogen and oxygen atoms in total. The van der Waals surface area contributed by atoms with Gasteiger partial charge in [0.25, 0.3) is 0 Å². The summed E-state index contributed by atoms with van der Waals surface area (Å²) in [6.07, 6.45) is 8.18. The Labute approximate surface area is 191 Å². The third-order valence-corrected chi connectivity index (χ3v) is 7.56. The molecule has 2 fully saturated rings. The SMILES string of the molecule is Nc1cc(CN2CCC(C(=O)N3CCC(NC4CCc5ccccc54)CC3)CC2)ccn1. The summed E-state index contributed by atoms with van der Waals surface area (Å²) in [5.74, 6) is 1.13. The fourth-order valence-corrected chi connectivity index (χ4v) is 5.73. The number of likely N-dealkylation sites (tertiary alicyclic amines) is 2. The van der Waals surface area contributed by atoms with Crippen molar-refractivity contribution in [2.75, 3.05) is 31.9 Å². The molecule has 2 aliphatic heterocycles. The smallest absolute Gasteiger partial charge is 0.225 e. The van der Waals surface area contributed by atoms with E-state index in [2.05, 4.69) is 44.4 Å². The number of benzene rings is 1. The second kappa shape index (κ2) is 9.59. The number of anilines is 1. The Morgan fingerprint density at radius 3 is 2.59 bits per heavy atom. The lowest BCUT2D eigenvalue weighted by atomic mass is 9.93. The number of carbonyl (C=O) groups is 1. The van der Waals surface area contributed by atoms with E-state index in [1.807, 2.05) is 12.1 Å². The summed E-state index contributed by atoms with van der Waals surface area (Å²) in [5.41, 5.74) is 9.97. The maximum atomic E-state index is 13.1. The van der Waals surface area contributed by atoms with Gasteiger partial charge >= 0.3 is 0 Å². The monoisotopic (exact) mass is 433 g/mol. The van der Waals surface area contributed by atoms with Crippen molar-refractivity contribution in [2.24, 2.45) is 5.92 Å². The van der Waals surface area contributed by atoms with Crippen molar-refractivity contribution in [2.45, 2.75) is 57.2 Å². The number of nitrogens with one attached hydrogen (secondary N) is 1. The molecule has 3 N–H and O–H groups in total. The molecule has 1 aliphatic carbocycles. The molecule has 1 aromatic carbocycles. The Kier molecular flexibility index (Phi) is 6.42. The number of aryl methyl sites for hydroxylation is 1. The van der Waals surface area contributed by atoms with Gasteiger partial charge in [0.15, 0.2) is 0 Å². The van der Waals surface area contributed by atoms with Crippen molar-refractivity contribution in [3.8, 4) is 0 Å². The number of piperidine rings is 2. The van der Waals surface area contributed by atoms with Crippen molar-refractivity contribution in [1.82, 2.24) is 20.1 Å². The molecule has 0 radical (unpaired) electrons. The molecule has 1 unspecified atom stereocenters. The average molecular weight is 434 g/mol. The minimum atomic E-state index is 0.181. The van der Waals surface area contributed by atoms with Crippen LogP contribution in [0.5, 0.6) is 0 Å². The van der Waals surface area contributed by atoms with Gasteiger partial charge in [-0.25, -0.2) is 4.98 Å². The van der Waals surface area contributed by atoms with E-state index in [1.54, 1.807) is 6.20 Å². The predicted octanol–water partition coefficient (Wildman–Crippen LogP) is 3.14. The molecular formula is C26H35N5O. The highest BCUT2D eigenvalue weighted by Gasteiger charge is 2.32. The van der Waals surface area contributed by atoms with Gasteiger partial charge in [0, 0.05) is 43.8 Å². The normalized spacial score (nSPS) is 22.8. The van der Waals surface area contributed by atoms with Crippen LogP contribution in [0.1, 0.15) is 54.8 Å². The van der Waals surface area contributed by atoms with Crippen molar-refractivity contribution in [3.63, 3.8) is 0 Å². The molecule has 0 spiro atoms. The molecule has 3 aliphatic rings. The highest BCUT2D eigenvalue weighted by atomic mass is 16.2. The Hall–Kier alpha value is -2.44. The highest BCUT2D eigenvalue weighted by Crippen LogP contribution is 2.32. The third kappa shape index (κ3) is 4.81. The van der Waals surface area contributed by atoms with E-state index in [0.29, 0.717) is 23.8 Å². The molecule has 0 saturated carbocycles. The minimum Gasteiger partial charge on any atom is -0.384 e. The predicted molar refractivity (Wildman–Crippen MR) is 127 cm³/mol. The molecule has 0 bridgehead atoms. The number of nitrogen functional groups attached to an aromatic ring is 1. The van der Waals surface area contributed by atoms with Crippen LogP contribution in [0.4, 0.5) is 5.82 Å². The first-order valence-electron chi connectivity index (χ1n) is 12.2. The number of aromatic nitrogens is 1. The Bertz CT molecular complexity index is 931. The molecule has 1 amide bonds. The fraction of sp³-hybridized carbons (Fsp3) is 0.538. The summed E-state index contributed by atoms with van der Waals surface area (Å²) in [4.78, 5) is 21.8. The number of rotatable bonds is 5. The average Bonchev–Trinajstić information content (AvgIpc) is 3.22. The standard InChI is InChI=1S/C26H35N5O/c27-25-17-19(7-12-28-25)18-30-13-8-21(9-14-30)26(32)31-15-10-22(11-16-31)29-24-6-5-20-3-1-2-4-23(20)24/h1-4,7,12,17,21-22,24,29H,5-6,8-11,13-16,18H2,(H2,27,28). The van der Waals surface area contributed by atoms with E-state index in [0.717, 1.165) is 58.4 Å². The summed E-state index contributed by atoms with van der Waals surface area (Å²) in [5, 5.41) is 3.89. The van der Waals surface area contributed by atoms with Gasteiger partial charge in [-0.1, -0.05) is 24.3 Å². The van der Waals surface area contributed by atoms with Crippen LogP contribution in [0, 0.1) is 5.92 Å². The Balaban J connectivity index is 1.06. The van der Waals surface area contributed by atoms with Gasteiger partial charge < -0.3 is 16.0 Å².